The number of hydrogen-bond acceptors (Lipinski definition) is 2. The van der Waals surface area contributed by atoms with E-state index in [2.05, 4.69) is 54.2 Å². The number of esters is 1. The smallest absolute Gasteiger partial charge is 0.302 e. The van der Waals surface area contributed by atoms with Crippen LogP contribution in [-0.4, -0.2) is 12.1 Å². The first-order valence-corrected chi connectivity index (χ1v) is 14.3. The Labute approximate surface area is 209 Å². The van der Waals surface area contributed by atoms with Gasteiger partial charge in [0.1, 0.15) is 6.10 Å². The van der Waals surface area contributed by atoms with Crippen molar-refractivity contribution in [2.24, 2.45) is 44.8 Å². The molecule has 0 radical (unpaired) electrons. The maximum atomic E-state index is 11.8. The molecule has 0 aromatic rings. The van der Waals surface area contributed by atoms with Gasteiger partial charge in [-0.1, -0.05) is 51.5 Å². The van der Waals surface area contributed by atoms with Crippen LogP contribution < -0.4 is 0 Å². The van der Waals surface area contributed by atoms with Crippen LogP contribution in [-0.2, 0) is 9.53 Å². The van der Waals surface area contributed by atoms with E-state index in [1.165, 1.54) is 62.5 Å². The largest absolute Gasteiger partial charge is 0.462 e. The highest BCUT2D eigenvalue weighted by molar-refractivity contribution is 5.66. The topological polar surface area (TPSA) is 26.3 Å². The normalized spacial score (nSPS) is 48.0. The zero-order chi connectivity index (χ0) is 24.7. The summed E-state index contributed by atoms with van der Waals surface area (Å²) in [6.07, 6.45) is 16.9. The van der Waals surface area contributed by atoms with Gasteiger partial charge in [0.05, 0.1) is 0 Å². The second kappa shape index (κ2) is 7.72. The number of rotatable bonds is 5. The summed E-state index contributed by atoms with van der Waals surface area (Å²) < 4.78 is 5.89. The van der Waals surface area contributed by atoms with Crippen molar-refractivity contribution in [1.82, 2.24) is 0 Å². The Balaban J connectivity index is 1.39. The first-order valence-electron chi connectivity index (χ1n) is 14.3. The summed E-state index contributed by atoms with van der Waals surface area (Å²) in [5.41, 5.74) is 4.98. The highest BCUT2D eigenvalue weighted by Crippen LogP contribution is 2.89. The molecule has 8 unspecified atom stereocenters. The molecule has 5 aliphatic carbocycles. The van der Waals surface area contributed by atoms with Gasteiger partial charge >= 0.3 is 5.97 Å². The first kappa shape index (κ1) is 24.6. The number of carbonyl (C=O) groups excluding carboxylic acids is 1. The van der Waals surface area contributed by atoms with E-state index in [0.29, 0.717) is 33.5 Å². The zero-order valence-corrected chi connectivity index (χ0v) is 23.2. The summed E-state index contributed by atoms with van der Waals surface area (Å²) in [5.74, 6) is 2.17. The summed E-state index contributed by atoms with van der Waals surface area (Å²) in [5, 5.41) is 0. The Morgan fingerprint density at radius 1 is 0.882 bits per heavy atom. The molecule has 5 fully saturated rings. The molecule has 0 bridgehead atoms. The molecule has 0 aromatic carbocycles. The molecule has 8 atom stereocenters. The Kier molecular flexibility index (Phi) is 5.60. The van der Waals surface area contributed by atoms with Gasteiger partial charge in [-0.2, -0.15) is 0 Å². The van der Waals surface area contributed by atoms with E-state index in [-0.39, 0.29) is 17.5 Å². The zero-order valence-electron chi connectivity index (χ0n) is 23.2. The number of carbonyl (C=O) groups is 1. The maximum Gasteiger partial charge on any atom is 0.302 e. The van der Waals surface area contributed by atoms with E-state index in [0.717, 1.165) is 25.2 Å². The molecule has 0 aromatic heterocycles. The average molecular weight is 467 g/mol. The fourth-order valence-corrected chi connectivity index (χ4v) is 11.1. The van der Waals surface area contributed by atoms with Gasteiger partial charge in [0.15, 0.2) is 0 Å². The molecule has 2 spiro atoms. The third-order valence-corrected chi connectivity index (χ3v) is 12.9. The summed E-state index contributed by atoms with van der Waals surface area (Å²) in [6, 6.07) is 0. The van der Waals surface area contributed by atoms with E-state index in [1.807, 2.05) is 0 Å². The Morgan fingerprint density at radius 3 is 2.24 bits per heavy atom. The quantitative estimate of drug-likeness (QED) is 0.299. The third-order valence-electron chi connectivity index (χ3n) is 12.9. The van der Waals surface area contributed by atoms with Crippen molar-refractivity contribution in [2.45, 2.75) is 125 Å². The molecule has 5 aliphatic rings. The number of hydrogen-bond donors (Lipinski definition) is 0. The highest BCUT2D eigenvalue weighted by Gasteiger charge is 2.82. The van der Waals surface area contributed by atoms with Crippen LogP contribution >= 0.6 is 0 Å². The van der Waals surface area contributed by atoms with Crippen LogP contribution in [0.1, 0.15) is 119 Å². The molecule has 5 rings (SSSR count). The van der Waals surface area contributed by atoms with Crippen LogP contribution in [0.2, 0.25) is 0 Å². The fourth-order valence-electron chi connectivity index (χ4n) is 11.1. The monoisotopic (exact) mass is 466 g/mol. The second-order valence-electron chi connectivity index (χ2n) is 14.5. The predicted molar refractivity (Wildman–Crippen MR) is 140 cm³/mol. The van der Waals surface area contributed by atoms with Gasteiger partial charge in [0.25, 0.3) is 0 Å². The molecule has 0 aliphatic heterocycles. The number of allylic oxidation sites excluding steroid dienone is 3. The minimum atomic E-state index is -0.101. The molecule has 190 valence electrons. The minimum absolute atomic E-state index is 0.0947. The summed E-state index contributed by atoms with van der Waals surface area (Å²) in [6.45, 7) is 20.9. The van der Waals surface area contributed by atoms with E-state index < -0.39 is 0 Å². The van der Waals surface area contributed by atoms with Crippen molar-refractivity contribution in [1.29, 1.82) is 0 Å². The average Bonchev–Trinajstić information content (AvgIpc) is 3.32. The molecular formula is C32H50O2. The summed E-state index contributed by atoms with van der Waals surface area (Å²) >= 11 is 0. The summed E-state index contributed by atoms with van der Waals surface area (Å²) in [4.78, 5) is 11.8. The number of ether oxygens (including phenoxy) is 1. The lowest BCUT2D eigenvalue weighted by atomic mass is 9.42. The van der Waals surface area contributed by atoms with Gasteiger partial charge in [-0.25, -0.2) is 0 Å². The molecular weight excluding hydrogens is 416 g/mol. The Bertz CT molecular complexity index is 908. The molecule has 0 saturated heterocycles. The third kappa shape index (κ3) is 3.08. The van der Waals surface area contributed by atoms with Crippen molar-refractivity contribution in [2.75, 3.05) is 0 Å². The van der Waals surface area contributed by atoms with Gasteiger partial charge < -0.3 is 4.74 Å². The van der Waals surface area contributed by atoms with Gasteiger partial charge in [-0.15, -0.1) is 0 Å². The van der Waals surface area contributed by atoms with E-state index in [4.69, 9.17) is 4.74 Å². The highest BCUT2D eigenvalue weighted by atomic mass is 16.5. The van der Waals surface area contributed by atoms with E-state index >= 15 is 0 Å². The molecule has 0 amide bonds. The van der Waals surface area contributed by atoms with Gasteiger partial charge in [0.2, 0.25) is 0 Å². The van der Waals surface area contributed by atoms with Crippen LogP contribution in [0.4, 0.5) is 0 Å². The van der Waals surface area contributed by atoms with Crippen molar-refractivity contribution < 1.29 is 9.53 Å². The van der Waals surface area contributed by atoms with Crippen molar-refractivity contribution in [3.05, 3.63) is 23.8 Å². The number of fused-ring (bicyclic) bond motifs is 2. The van der Waals surface area contributed by atoms with Crippen LogP contribution in [0.5, 0.6) is 0 Å². The SMILES string of the molecule is C=C(CCC=C(C)C)C1CCC2(C)C3CCC4C(C)(C)C(OC(C)=O)CCC45CC35CCC12C. The first-order chi connectivity index (χ1) is 15.8. The maximum absolute atomic E-state index is 11.8. The van der Waals surface area contributed by atoms with Gasteiger partial charge in [-0.3, -0.25) is 4.79 Å². The fraction of sp³-hybridized carbons (Fsp3) is 0.844. The lowest BCUT2D eigenvalue weighted by Crippen LogP contribution is -2.57. The molecule has 5 saturated carbocycles. The Hall–Kier alpha value is -1.05. The molecule has 0 heterocycles. The minimum Gasteiger partial charge on any atom is -0.462 e. The van der Waals surface area contributed by atoms with Crippen molar-refractivity contribution in [3.8, 4) is 0 Å². The summed E-state index contributed by atoms with van der Waals surface area (Å²) in [7, 11) is 0. The Morgan fingerprint density at radius 2 is 1.56 bits per heavy atom. The van der Waals surface area contributed by atoms with Crippen LogP contribution in [0.15, 0.2) is 23.8 Å². The molecule has 2 nitrogen and oxygen atoms in total. The lowest BCUT2D eigenvalue weighted by molar-refractivity contribution is -0.179. The molecule has 34 heavy (non-hydrogen) atoms. The lowest BCUT2D eigenvalue weighted by Gasteiger charge is -2.63. The van der Waals surface area contributed by atoms with E-state index in [9.17, 15) is 4.79 Å². The predicted octanol–water partition coefficient (Wildman–Crippen LogP) is 8.66. The van der Waals surface area contributed by atoms with Crippen molar-refractivity contribution >= 4 is 5.97 Å². The van der Waals surface area contributed by atoms with Crippen molar-refractivity contribution in [3.63, 3.8) is 0 Å². The molecule has 0 N–H and O–H groups in total. The van der Waals surface area contributed by atoms with Gasteiger partial charge in [0, 0.05) is 12.3 Å². The van der Waals surface area contributed by atoms with Gasteiger partial charge in [-0.05, 0) is 124 Å². The van der Waals surface area contributed by atoms with Crippen LogP contribution in [0.25, 0.3) is 0 Å². The van der Waals surface area contributed by atoms with Crippen LogP contribution in [0.3, 0.4) is 0 Å². The standard InChI is InChI=1S/C32H50O2/c1-21(2)10-9-11-22(3)24-14-16-30(8)26-13-12-25-28(5,6)27(34-23(4)33)15-17-31(25)20-32(26,31)19-18-29(24,30)7/h10,24-27H,3,9,11-20H2,1-2,4-8H3. The molecule has 2 heteroatoms. The van der Waals surface area contributed by atoms with Crippen LogP contribution in [0, 0.1) is 44.8 Å². The second-order valence-corrected chi connectivity index (χ2v) is 14.5. The van der Waals surface area contributed by atoms with E-state index in [1.54, 1.807) is 6.92 Å².